The minimum atomic E-state index is -0.258. The Hall–Kier alpha value is 0.240. The highest BCUT2D eigenvalue weighted by atomic mass is 32.2. The van der Waals surface area contributed by atoms with E-state index in [0.29, 0.717) is 6.42 Å². The summed E-state index contributed by atoms with van der Waals surface area (Å²) in [6, 6.07) is 0. The van der Waals surface area contributed by atoms with Crippen LogP contribution in [0.1, 0.15) is 19.3 Å². The first-order valence-corrected chi connectivity index (χ1v) is 4.93. The van der Waals surface area contributed by atoms with Crippen LogP contribution in [-0.2, 0) is 0 Å². The zero-order valence-electron chi connectivity index (χ0n) is 6.35. The van der Waals surface area contributed by atoms with Crippen molar-refractivity contribution in [1.82, 2.24) is 0 Å². The third kappa shape index (κ3) is 6.36. The van der Waals surface area contributed by atoms with Gasteiger partial charge in [0.15, 0.2) is 0 Å². The Labute approximate surface area is 66.0 Å². The molecule has 0 aromatic rings. The molecule has 0 aliphatic heterocycles. The maximum Gasteiger partial charge on any atom is 0.0894 e. The van der Waals surface area contributed by atoms with Gasteiger partial charge in [0, 0.05) is 5.75 Å². The first kappa shape index (κ1) is 10.2. The Morgan fingerprint density at radius 3 is 2.70 bits per heavy atom. The molecule has 0 heterocycles. The molecule has 0 aromatic heterocycles. The van der Waals surface area contributed by atoms with Crippen LogP contribution in [-0.4, -0.2) is 29.9 Å². The van der Waals surface area contributed by atoms with Crippen LogP contribution in [0.25, 0.3) is 0 Å². The fraction of sp³-hybridized carbons (Fsp3) is 1.00. The number of hydrogen-bond acceptors (Lipinski definition) is 2. The average Bonchev–Trinajstić information content (AvgIpc) is 1.89. The lowest BCUT2D eigenvalue weighted by atomic mass is 10.2. The summed E-state index contributed by atoms with van der Waals surface area (Å²) in [5, 5.41) is 9.13. The van der Waals surface area contributed by atoms with E-state index in [-0.39, 0.29) is 12.8 Å². The molecule has 0 radical (unpaired) electrons. The topological polar surface area (TPSA) is 20.2 Å². The van der Waals surface area contributed by atoms with E-state index in [2.05, 4.69) is 0 Å². The summed E-state index contributed by atoms with van der Waals surface area (Å²) >= 11 is 1.62. The molecule has 0 aliphatic carbocycles. The molecule has 0 aliphatic rings. The number of alkyl halides is 1. The predicted molar refractivity (Wildman–Crippen MR) is 44.2 cm³/mol. The normalized spacial score (nSPS) is 13.5. The van der Waals surface area contributed by atoms with E-state index in [1.165, 1.54) is 0 Å². The van der Waals surface area contributed by atoms with Crippen molar-refractivity contribution in [1.29, 1.82) is 0 Å². The average molecular weight is 166 g/mol. The lowest BCUT2D eigenvalue weighted by Gasteiger charge is -2.06. The minimum Gasteiger partial charge on any atom is -0.392 e. The second kappa shape index (κ2) is 7.35. The Morgan fingerprint density at radius 1 is 1.50 bits per heavy atom. The third-order valence-electron chi connectivity index (χ3n) is 1.28. The molecule has 0 saturated heterocycles. The molecule has 62 valence electrons. The van der Waals surface area contributed by atoms with Crippen molar-refractivity contribution < 1.29 is 9.50 Å². The van der Waals surface area contributed by atoms with Gasteiger partial charge in [0.25, 0.3) is 0 Å². The van der Waals surface area contributed by atoms with E-state index >= 15 is 0 Å². The van der Waals surface area contributed by atoms with Gasteiger partial charge in [0.05, 0.1) is 12.8 Å². The Morgan fingerprint density at radius 2 is 2.20 bits per heavy atom. The summed E-state index contributed by atoms with van der Waals surface area (Å²) in [4.78, 5) is 0. The van der Waals surface area contributed by atoms with Gasteiger partial charge < -0.3 is 5.11 Å². The molecule has 0 spiro atoms. The van der Waals surface area contributed by atoms with Crippen LogP contribution in [0.5, 0.6) is 0 Å². The molecule has 1 atom stereocenters. The van der Waals surface area contributed by atoms with Crippen molar-refractivity contribution in [2.75, 3.05) is 18.7 Å². The van der Waals surface area contributed by atoms with Crippen molar-refractivity contribution in [2.45, 2.75) is 25.4 Å². The summed E-state index contributed by atoms with van der Waals surface area (Å²) in [7, 11) is 0. The molecule has 0 bridgehead atoms. The number of hydrogen-bond donors (Lipinski definition) is 1. The molecule has 0 fully saturated rings. The third-order valence-corrected chi connectivity index (χ3v) is 2.00. The Bertz CT molecular complexity index is 70.6. The molecular formula is C7H15FOS. The largest absolute Gasteiger partial charge is 0.392 e. The quantitative estimate of drug-likeness (QED) is 0.608. The molecule has 10 heavy (non-hydrogen) atoms. The highest BCUT2D eigenvalue weighted by Crippen LogP contribution is 2.05. The number of unbranched alkanes of at least 4 members (excludes halogenated alkanes) is 1. The second-order valence-electron chi connectivity index (χ2n) is 2.29. The lowest BCUT2D eigenvalue weighted by molar-refractivity contribution is 0.184. The molecule has 1 unspecified atom stereocenters. The summed E-state index contributed by atoms with van der Waals surface area (Å²) in [5.74, 6) is 0.770. The van der Waals surface area contributed by atoms with Gasteiger partial charge in [-0.05, 0) is 25.5 Å². The smallest absolute Gasteiger partial charge is 0.0894 e. The lowest BCUT2D eigenvalue weighted by Crippen LogP contribution is -2.09. The second-order valence-corrected chi connectivity index (χ2v) is 3.20. The van der Waals surface area contributed by atoms with Crippen molar-refractivity contribution in [3.8, 4) is 0 Å². The van der Waals surface area contributed by atoms with E-state index in [0.717, 1.165) is 18.6 Å². The number of thioether (sulfide) groups is 1. The number of rotatable bonds is 6. The van der Waals surface area contributed by atoms with Gasteiger partial charge in [-0.2, -0.15) is 11.8 Å². The standard InChI is InChI=1S/C7H15FOS/c1-10-6-7(9)4-2-3-5-8/h7,9H,2-6H2,1H3. The monoisotopic (exact) mass is 166 g/mol. The molecular weight excluding hydrogens is 151 g/mol. The summed E-state index contributed by atoms with van der Waals surface area (Å²) in [6.45, 7) is -0.258. The predicted octanol–water partition coefficient (Wildman–Crippen LogP) is 1.85. The van der Waals surface area contributed by atoms with Gasteiger partial charge in [0.2, 0.25) is 0 Å². The van der Waals surface area contributed by atoms with E-state index in [1.54, 1.807) is 11.8 Å². The molecule has 1 N–H and O–H groups in total. The summed E-state index contributed by atoms with van der Waals surface area (Å²) in [6.07, 6.45) is 3.86. The number of aliphatic hydroxyl groups excluding tert-OH is 1. The number of halogens is 1. The summed E-state index contributed by atoms with van der Waals surface area (Å²) in [5.41, 5.74) is 0. The fourth-order valence-electron chi connectivity index (χ4n) is 0.750. The number of aliphatic hydroxyl groups is 1. The molecule has 1 nitrogen and oxygen atoms in total. The minimum absolute atomic E-state index is 0.235. The molecule has 0 rings (SSSR count). The Kier molecular flexibility index (Phi) is 7.52. The van der Waals surface area contributed by atoms with Gasteiger partial charge in [0.1, 0.15) is 0 Å². The van der Waals surface area contributed by atoms with Crippen molar-refractivity contribution in [2.24, 2.45) is 0 Å². The van der Waals surface area contributed by atoms with Gasteiger partial charge >= 0.3 is 0 Å². The van der Waals surface area contributed by atoms with Crippen molar-refractivity contribution in [3.05, 3.63) is 0 Å². The van der Waals surface area contributed by atoms with Crippen LogP contribution in [0.4, 0.5) is 4.39 Å². The van der Waals surface area contributed by atoms with Crippen LogP contribution in [0, 0.1) is 0 Å². The molecule has 3 heteroatoms. The van der Waals surface area contributed by atoms with Gasteiger partial charge in [-0.3, -0.25) is 4.39 Å². The maximum absolute atomic E-state index is 11.5. The molecule has 0 amide bonds. The van der Waals surface area contributed by atoms with E-state index in [1.807, 2.05) is 6.26 Å². The summed E-state index contributed by atoms with van der Waals surface area (Å²) < 4.78 is 11.5. The van der Waals surface area contributed by atoms with Crippen LogP contribution >= 0.6 is 11.8 Å². The molecule has 0 aromatic carbocycles. The fourth-order valence-corrected chi connectivity index (χ4v) is 1.30. The van der Waals surface area contributed by atoms with E-state index < -0.39 is 0 Å². The zero-order chi connectivity index (χ0) is 7.82. The van der Waals surface area contributed by atoms with Crippen LogP contribution in [0.15, 0.2) is 0 Å². The maximum atomic E-state index is 11.5. The SMILES string of the molecule is CSCC(O)CCCCF. The van der Waals surface area contributed by atoms with E-state index in [4.69, 9.17) is 5.11 Å². The Balaban J connectivity index is 2.97. The van der Waals surface area contributed by atoms with Gasteiger partial charge in [-0.15, -0.1) is 0 Å². The highest BCUT2D eigenvalue weighted by molar-refractivity contribution is 7.98. The van der Waals surface area contributed by atoms with Crippen molar-refractivity contribution >= 4 is 11.8 Å². The van der Waals surface area contributed by atoms with Crippen molar-refractivity contribution in [3.63, 3.8) is 0 Å². The molecule has 0 saturated carbocycles. The van der Waals surface area contributed by atoms with Gasteiger partial charge in [-0.25, -0.2) is 0 Å². The van der Waals surface area contributed by atoms with Gasteiger partial charge in [-0.1, -0.05) is 0 Å². The zero-order valence-corrected chi connectivity index (χ0v) is 7.16. The van der Waals surface area contributed by atoms with Crippen LogP contribution in [0.2, 0.25) is 0 Å². The first-order chi connectivity index (χ1) is 4.81. The van der Waals surface area contributed by atoms with E-state index in [9.17, 15) is 4.39 Å². The van der Waals surface area contributed by atoms with Crippen LogP contribution < -0.4 is 0 Å². The van der Waals surface area contributed by atoms with Crippen LogP contribution in [0.3, 0.4) is 0 Å². The first-order valence-electron chi connectivity index (χ1n) is 3.54. The highest BCUT2D eigenvalue weighted by Gasteiger charge is 2.00.